The Labute approximate surface area is 50.9 Å². The van der Waals surface area contributed by atoms with Gasteiger partial charge in [-0.3, -0.25) is 4.79 Å². The average Bonchev–Trinajstić information content (AvgIpc) is 1.80. The maximum Gasteiger partial charge on any atom is 0.344 e. The molecule has 49 valence electrons. The molecule has 0 saturated carbocycles. The zero-order valence-corrected chi connectivity index (χ0v) is 4.40. The number of hydrogen-bond donors (Lipinski definition) is 1. The molecule has 0 aliphatic heterocycles. The van der Waals surface area contributed by atoms with Crippen LogP contribution in [0.15, 0.2) is 5.16 Å². The van der Waals surface area contributed by atoms with Gasteiger partial charge in [0, 0.05) is 0 Å². The van der Waals surface area contributed by atoms with Crippen molar-refractivity contribution in [1.82, 2.24) is 0 Å². The molecule has 0 aliphatic carbocycles. The number of oxime groups is 1. The van der Waals surface area contributed by atoms with Crippen molar-refractivity contribution in [3.8, 4) is 0 Å². The summed E-state index contributed by atoms with van der Waals surface area (Å²) in [6, 6.07) is 0. The topological polar surface area (TPSA) is 76.0 Å². The predicted octanol–water partition coefficient (Wildman–Crippen LogP) is -0.817. The molecular weight excluding hydrogens is 126 g/mol. The summed E-state index contributed by atoms with van der Waals surface area (Å²) < 4.78 is 0. The molecule has 5 nitrogen and oxygen atoms in total. The minimum Gasteiger partial charge on any atom is -0.479 e. The third-order valence-corrected chi connectivity index (χ3v) is 0.368. The molecule has 1 radical (unpaired) electrons. The molecule has 0 spiro atoms. The summed E-state index contributed by atoms with van der Waals surface area (Å²) in [7, 11) is 0. The number of aliphatic carboxylic acids is 1. The average molecular weight is 130 g/mol. The second kappa shape index (κ2) is 4.76. The Kier molecular flexibility index (Phi) is 4.03. The molecule has 0 aromatic rings. The highest BCUT2D eigenvalue weighted by Gasteiger charge is 1.91. The van der Waals surface area contributed by atoms with Crippen LogP contribution in [0.2, 0.25) is 0 Å². The van der Waals surface area contributed by atoms with Gasteiger partial charge >= 0.3 is 5.97 Å². The van der Waals surface area contributed by atoms with E-state index < -0.39 is 12.6 Å². The number of carboxylic acids is 1. The van der Waals surface area contributed by atoms with Crippen molar-refractivity contribution in [1.29, 1.82) is 0 Å². The van der Waals surface area contributed by atoms with Gasteiger partial charge in [-0.15, -0.1) is 0 Å². The lowest BCUT2D eigenvalue weighted by molar-refractivity contribution is -0.142. The van der Waals surface area contributed by atoms with Crippen molar-refractivity contribution >= 4 is 18.5 Å². The van der Waals surface area contributed by atoms with Crippen molar-refractivity contribution in [3.63, 3.8) is 0 Å². The normalized spacial score (nSPS) is 9.33. The number of carbonyl (C=O) groups is 1. The lowest BCUT2D eigenvalue weighted by Gasteiger charge is -1.88. The van der Waals surface area contributed by atoms with E-state index in [-0.39, 0.29) is 0 Å². The largest absolute Gasteiger partial charge is 0.479 e. The molecule has 0 rings (SSSR count). The van der Waals surface area contributed by atoms with E-state index in [4.69, 9.17) is 5.11 Å². The van der Waals surface area contributed by atoms with E-state index >= 15 is 0 Å². The highest BCUT2D eigenvalue weighted by molar-refractivity contribution is 6.13. The van der Waals surface area contributed by atoms with Gasteiger partial charge in [0.25, 0.3) is 0 Å². The van der Waals surface area contributed by atoms with Crippen molar-refractivity contribution in [3.05, 3.63) is 0 Å². The van der Waals surface area contributed by atoms with Gasteiger partial charge in [0.1, 0.15) is 6.21 Å². The molecule has 1 N–H and O–H groups in total. The van der Waals surface area contributed by atoms with E-state index in [0.29, 0.717) is 6.21 Å². The zero-order chi connectivity index (χ0) is 7.11. The Morgan fingerprint density at radius 1 is 1.89 bits per heavy atom. The Hall–Kier alpha value is -1.39. The van der Waals surface area contributed by atoms with Crippen LogP contribution in [0.3, 0.4) is 0 Å². The van der Waals surface area contributed by atoms with E-state index in [1.165, 1.54) is 6.29 Å². The number of carbonyl (C=O) groups excluding carboxylic acids is 1. The molecule has 0 aromatic heterocycles. The van der Waals surface area contributed by atoms with Crippen LogP contribution in [0.25, 0.3) is 0 Å². The number of nitrogens with zero attached hydrogens (tertiary/aromatic N) is 1. The van der Waals surface area contributed by atoms with E-state index in [1.807, 2.05) is 0 Å². The molecule has 0 atom stereocenters. The lowest BCUT2D eigenvalue weighted by atomic mass is 10.8. The van der Waals surface area contributed by atoms with E-state index in [0.717, 1.165) is 0 Å². The molecule has 0 heterocycles. The predicted molar refractivity (Wildman–Crippen MR) is 27.8 cm³/mol. The van der Waals surface area contributed by atoms with Gasteiger partial charge in [0.2, 0.25) is 12.9 Å². The standard InChI is InChI=1S/C4H4NO4/c6-2-1-5-9-3-4(7)8/h1H,3H2,(H,7,8)/b5-1-. The van der Waals surface area contributed by atoms with Crippen LogP contribution < -0.4 is 0 Å². The molecule has 0 saturated heterocycles. The van der Waals surface area contributed by atoms with Crippen molar-refractivity contribution in [2.45, 2.75) is 0 Å². The van der Waals surface area contributed by atoms with Gasteiger partial charge in [-0.05, 0) is 0 Å². The Morgan fingerprint density at radius 2 is 2.56 bits per heavy atom. The Morgan fingerprint density at radius 3 is 3.00 bits per heavy atom. The summed E-state index contributed by atoms with van der Waals surface area (Å²) in [5.74, 6) is -1.14. The summed E-state index contributed by atoms with van der Waals surface area (Å²) in [6.45, 7) is -0.543. The van der Waals surface area contributed by atoms with Crippen molar-refractivity contribution in [2.24, 2.45) is 5.16 Å². The van der Waals surface area contributed by atoms with E-state index in [2.05, 4.69) is 9.99 Å². The second-order valence-corrected chi connectivity index (χ2v) is 1.02. The second-order valence-electron chi connectivity index (χ2n) is 1.02. The van der Waals surface area contributed by atoms with Crippen molar-refractivity contribution in [2.75, 3.05) is 6.61 Å². The van der Waals surface area contributed by atoms with Crippen molar-refractivity contribution < 1.29 is 19.5 Å². The van der Waals surface area contributed by atoms with Gasteiger partial charge < -0.3 is 9.94 Å². The first kappa shape index (κ1) is 7.61. The third kappa shape index (κ3) is 6.61. The number of hydrogen-bond acceptors (Lipinski definition) is 4. The summed E-state index contributed by atoms with van der Waals surface area (Å²) in [6.07, 6.45) is 1.98. The first-order chi connectivity index (χ1) is 4.27. The van der Waals surface area contributed by atoms with Crippen LogP contribution in [0.1, 0.15) is 0 Å². The zero-order valence-electron chi connectivity index (χ0n) is 4.40. The number of rotatable bonds is 4. The summed E-state index contributed by atoms with van der Waals surface area (Å²) in [5.41, 5.74) is 0. The molecular formula is C4H4NO4. The highest BCUT2D eigenvalue weighted by Crippen LogP contribution is 1.71. The highest BCUT2D eigenvalue weighted by atomic mass is 16.6. The molecule has 5 heteroatoms. The van der Waals surface area contributed by atoms with Crippen LogP contribution in [-0.4, -0.2) is 30.2 Å². The van der Waals surface area contributed by atoms with Crippen LogP contribution in [0, 0.1) is 0 Å². The Bertz CT molecular complexity index is 131. The lowest BCUT2D eigenvalue weighted by Crippen LogP contribution is -2.03. The molecule has 0 bridgehead atoms. The van der Waals surface area contributed by atoms with Gasteiger partial charge in [0.05, 0.1) is 0 Å². The van der Waals surface area contributed by atoms with E-state index in [1.54, 1.807) is 0 Å². The molecule has 9 heavy (non-hydrogen) atoms. The summed E-state index contributed by atoms with van der Waals surface area (Å²) in [4.78, 5) is 23.1. The van der Waals surface area contributed by atoms with Gasteiger partial charge in [0.15, 0.2) is 0 Å². The quantitative estimate of drug-likeness (QED) is 0.398. The van der Waals surface area contributed by atoms with Gasteiger partial charge in [-0.1, -0.05) is 5.16 Å². The SMILES string of the molecule is O=[C]/C=N\OCC(=O)O. The smallest absolute Gasteiger partial charge is 0.344 e. The van der Waals surface area contributed by atoms with Crippen LogP contribution >= 0.6 is 0 Å². The third-order valence-electron chi connectivity index (χ3n) is 0.368. The van der Waals surface area contributed by atoms with Crippen LogP contribution in [-0.2, 0) is 14.4 Å². The maximum atomic E-state index is 9.67. The minimum absolute atomic E-state index is 0.543. The Balaban J connectivity index is 3.19. The fourth-order valence-electron chi connectivity index (χ4n) is 0.151. The first-order valence-electron chi connectivity index (χ1n) is 2.00. The maximum absolute atomic E-state index is 9.67. The first-order valence-corrected chi connectivity index (χ1v) is 2.00. The number of carboxylic acid groups (broad SMARTS) is 1. The van der Waals surface area contributed by atoms with E-state index in [9.17, 15) is 9.59 Å². The summed E-state index contributed by atoms with van der Waals surface area (Å²) >= 11 is 0. The minimum atomic E-state index is -1.14. The fourth-order valence-corrected chi connectivity index (χ4v) is 0.151. The summed E-state index contributed by atoms with van der Waals surface area (Å²) in [5, 5.41) is 10.8. The molecule has 0 amide bonds. The molecule has 0 aliphatic rings. The van der Waals surface area contributed by atoms with Crippen LogP contribution in [0.5, 0.6) is 0 Å². The van der Waals surface area contributed by atoms with Gasteiger partial charge in [-0.2, -0.15) is 0 Å². The monoisotopic (exact) mass is 130 g/mol. The molecule has 0 unspecified atom stereocenters. The molecule has 0 aromatic carbocycles. The fraction of sp³-hybridized carbons (Fsp3) is 0.250. The van der Waals surface area contributed by atoms with Crippen LogP contribution in [0.4, 0.5) is 0 Å². The molecule has 0 fully saturated rings. The van der Waals surface area contributed by atoms with Gasteiger partial charge in [-0.25, -0.2) is 4.79 Å².